The van der Waals surface area contributed by atoms with Gasteiger partial charge in [0.2, 0.25) is 0 Å². The highest BCUT2D eigenvalue weighted by Crippen LogP contribution is 2.29. The van der Waals surface area contributed by atoms with Gasteiger partial charge in [-0.25, -0.2) is 0 Å². The molecule has 0 radical (unpaired) electrons. The first-order valence-corrected chi connectivity index (χ1v) is 7.80. The van der Waals surface area contributed by atoms with E-state index in [9.17, 15) is 14.4 Å². The molecule has 1 saturated heterocycles. The van der Waals surface area contributed by atoms with Crippen molar-refractivity contribution in [2.24, 2.45) is 0 Å². The summed E-state index contributed by atoms with van der Waals surface area (Å²) >= 11 is 0. The molecule has 0 atom stereocenters. The van der Waals surface area contributed by atoms with Crippen molar-refractivity contribution in [3.63, 3.8) is 0 Å². The standard InChI is InChI=1S/C17H22N2O5/c1-12(20)23-16-5-4-14(10-17(16)24-13(2)21)15(22)11-19-8-6-18(3)7-9-19/h4-5,10H,6-9,11H2,1-3H3. The third kappa shape index (κ3) is 5.14. The third-order valence-electron chi connectivity index (χ3n) is 3.74. The molecule has 1 aromatic carbocycles. The summed E-state index contributed by atoms with van der Waals surface area (Å²) in [5, 5.41) is 0. The van der Waals surface area contributed by atoms with Crippen LogP contribution in [0.4, 0.5) is 0 Å². The number of hydrogen-bond donors (Lipinski definition) is 0. The van der Waals surface area contributed by atoms with Crippen LogP contribution in [0.1, 0.15) is 24.2 Å². The van der Waals surface area contributed by atoms with Crippen LogP contribution in [0.25, 0.3) is 0 Å². The molecule has 0 bridgehead atoms. The molecule has 1 heterocycles. The van der Waals surface area contributed by atoms with Crippen molar-refractivity contribution in [3.05, 3.63) is 23.8 Å². The van der Waals surface area contributed by atoms with Crippen molar-refractivity contribution in [3.8, 4) is 11.5 Å². The monoisotopic (exact) mass is 334 g/mol. The molecule has 2 rings (SSSR count). The van der Waals surface area contributed by atoms with E-state index in [0.29, 0.717) is 12.1 Å². The molecule has 1 aromatic rings. The average Bonchev–Trinajstić information content (AvgIpc) is 2.50. The molecule has 1 aliphatic heterocycles. The highest BCUT2D eigenvalue weighted by molar-refractivity contribution is 5.98. The van der Waals surface area contributed by atoms with Crippen LogP contribution in [0, 0.1) is 0 Å². The first-order chi connectivity index (χ1) is 11.3. The molecule has 0 aromatic heterocycles. The van der Waals surface area contributed by atoms with Crippen molar-refractivity contribution >= 4 is 17.7 Å². The van der Waals surface area contributed by atoms with Gasteiger partial charge >= 0.3 is 11.9 Å². The Labute approximate surface area is 141 Å². The number of benzene rings is 1. The number of Topliss-reactive ketones (excluding diaryl/α,β-unsaturated/α-hetero) is 1. The van der Waals surface area contributed by atoms with Gasteiger partial charge in [-0.05, 0) is 25.2 Å². The van der Waals surface area contributed by atoms with Gasteiger partial charge in [-0.1, -0.05) is 0 Å². The molecule has 0 amide bonds. The minimum Gasteiger partial charge on any atom is -0.423 e. The van der Waals surface area contributed by atoms with E-state index < -0.39 is 11.9 Å². The van der Waals surface area contributed by atoms with E-state index in [1.54, 1.807) is 6.07 Å². The first-order valence-electron chi connectivity index (χ1n) is 7.80. The second-order valence-corrected chi connectivity index (χ2v) is 5.85. The van der Waals surface area contributed by atoms with Crippen LogP contribution in [0.2, 0.25) is 0 Å². The average molecular weight is 334 g/mol. The van der Waals surface area contributed by atoms with E-state index in [0.717, 1.165) is 26.2 Å². The molecule has 1 fully saturated rings. The van der Waals surface area contributed by atoms with Crippen LogP contribution in [-0.2, 0) is 9.59 Å². The molecule has 0 spiro atoms. The SMILES string of the molecule is CC(=O)Oc1ccc(C(=O)CN2CCN(C)CC2)cc1OC(C)=O. The predicted molar refractivity (Wildman–Crippen MR) is 87.3 cm³/mol. The molecule has 0 saturated carbocycles. The van der Waals surface area contributed by atoms with E-state index in [-0.39, 0.29) is 17.3 Å². The Balaban J connectivity index is 2.12. The lowest BCUT2D eigenvalue weighted by atomic mass is 10.1. The molecule has 24 heavy (non-hydrogen) atoms. The molecule has 7 nitrogen and oxygen atoms in total. The van der Waals surface area contributed by atoms with E-state index in [1.807, 2.05) is 0 Å². The van der Waals surface area contributed by atoms with Gasteiger partial charge in [0.25, 0.3) is 0 Å². The van der Waals surface area contributed by atoms with Gasteiger partial charge in [0, 0.05) is 45.6 Å². The fourth-order valence-electron chi connectivity index (χ4n) is 2.46. The number of esters is 2. The summed E-state index contributed by atoms with van der Waals surface area (Å²) in [6.45, 7) is 6.34. The third-order valence-corrected chi connectivity index (χ3v) is 3.74. The van der Waals surface area contributed by atoms with E-state index in [1.165, 1.54) is 26.0 Å². The fraction of sp³-hybridized carbons (Fsp3) is 0.471. The maximum Gasteiger partial charge on any atom is 0.308 e. The molecular weight excluding hydrogens is 312 g/mol. The lowest BCUT2D eigenvalue weighted by molar-refractivity contribution is -0.134. The summed E-state index contributed by atoms with van der Waals surface area (Å²) in [5.41, 5.74) is 0.418. The van der Waals surface area contributed by atoms with Crippen LogP contribution in [0.5, 0.6) is 11.5 Å². The quantitative estimate of drug-likeness (QED) is 0.451. The highest BCUT2D eigenvalue weighted by Gasteiger charge is 2.19. The number of carbonyl (C=O) groups is 3. The van der Waals surface area contributed by atoms with Gasteiger partial charge in [0.1, 0.15) is 0 Å². The van der Waals surface area contributed by atoms with Crippen LogP contribution in [-0.4, -0.2) is 67.3 Å². The number of ketones is 1. The van der Waals surface area contributed by atoms with Crippen molar-refractivity contribution in [2.45, 2.75) is 13.8 Å². The minimum absolute atomic E-state index is 0.0673. The zero-order valence-corrected chi connectivity index (χ0v) is 14.2. The van der Waals surface area contributed by atoms with Crippen molar-refractivity contribution in [1.82, 2.24) is 9.80 Å². The lowest BCUT2D eigenvalue weighted by Gasteiger charge is -2.31. The Morgan fingerprint density at radius 3 is 2.12 bits per heavy atom. The zero-order valence-electron chi connectivity index (χ0n) is 14.2. The van der Waals surface area contributed by atoms with Crippen LogP contribution >= 0.6 is 0 Å². The van der Waals surface area contributed by atoms with Gasteiger partial charge in [0.05, 0.1) is 6.54 Å². The van der Waals surface area contributed by atoms with Gasteiger partial charge in [0.15, 0.2) is 17.3 Å². The number of carbonyl (C=O) groups excluding carboxylic acids is 3. The van der Waals surface area contributed by atoms with E-state index in [2.05, 4.69) is 16.8 Å². The Kier molecular flexibility index (Phi) is 6.05. The Morgan fingerprint density at radius 1 is 0.958 bits per heavy atom. The van der Waals surface area contributed by atoms with Gasteiger partial charge in [-0.15, -0.1) is 0 Å². The number of nitrogens with zero attached hydrogens (tertiary/aromatic N) is 2. The smallest absolute Gasteiger partial charge is 0.308 e. The number of rotatable bonds is 5. The second kappa shape index (κ2) is 8.03. The van der Waals surface area contributed by atoms with Gasteiger partial charge in [-0.3, -0.25) is 19.3 Å². The number of hydrogen-bond acceptors (Lipinski definition) is 7. The molecule has 0 N–H and O–H groups in total. The van der Waals surface area contributed by atoms with Crippen LogP contribution < -0.4 is 9.47 Å². The fourth-order valence-corrected chi connectivity index (χ4v) is 2.46. The van der Waals surface area contributed by atoms with Crippen LogP contribution in [0.3, 0.4) is 0 Å². The maximum absolute atomic E-state index is 12.5. The van der Waals surface area contributed by atoms with E-state index >= 15 is 0 Å². The predicted octanol–water partition coefficient (Wildman–Crippen LogP) is 0.967. The summed E-state index contributed by atoms with van der Waals surface area (Å²) in [4.78, 5) is 39.1. The Morgan fingerprint density at radius 2 is 1.54 bits per heavy atom. The van der Waals surface area contributed by atoms with Crippen molar-refractivity contribution < 1.29 is 23.9 Å². The van der Waals surface area contributed by atoms with E-state index in [4.69, 9.17) is 9.47 Å². The zero-order chi connectivity index (χ0) is 17.7. The highest BCUT2D eigenvalue weighted by atomic mass is 16.6. The first kappa shape index (κ1) is 18.1. The summed E-state index contributed by atoms with van der Waals surface area (Å²) in [6, 6.07) is 4.48. The molecule has 0 unspecified atom stereocenters. The number of ether oxygens (including phenoxy) is 2. The molecule has 130 valence electrons. The maximum atomic E-state index is 12.5. The Bertz CT molecular complexity index is 636. The summed E-state index contributed by atoms with van der Waals surface area (Å²) in [6.07, 6.45) is 0. The van der Waals surface area contributed by atoms with Gasteiger partial charge < -0.3 is 14.4 Å². The normalized spacial score (nSPS) is 15.8. The Hall–Kier alpha value is -2.25. The number of likely N-dealkylation sites (N-methyl/N-ethyl adjacent to an activating group) is 1. The molecule has 1 aliphatic rings. The summed E-state index contributed by atoms with van der Waals surface area (Å²) in [5.74, 6) is -0.954. The van der Waals surface area contributed by atoms with Crippen molar-refractivity contribution in [2.75, 3.05) is 39.8 Å². The largest absolute Gasteiger partial charge is 0.423 e. The lowest BCUT2D eigenvalue weighted by Crippen LogP contribution is -2.46. The minimum atomic E-state index is -0.549. The summed E-state index contributed by atoms with van der Waals surface area (Å²) < 4.78 is 10.1. The molecule has 0 aliphatic carbocycles. The summed E-state index contributed by atoms with van der Waals surface area (Å²) in [7, 11) is 2.05. The van der Waals surface area contributed by atoms with Gasteiger partial charge in [-0.2, -0.15) is 0 Å². The molecular formula is C17H22N2O5. The second-order valence-electron chi connectivity index (χ2n) is 5.85. The van der Waals surface area contributed by atoms with Crippen molar-refractivity contribution in [1.29, 1.82) is 0 Å². The molecule has 7 heteroatoms. The topological polar surface area (TPSA) is 76.2 Å². The number of piperazine rings is 1. The van der Waals surface area contributed by atoms with Crippen LogP contribution in [0.15, 0.2) is 18.2 Å².